The summed E-state index contributed by atoms with van der Waals surface area (Å²) in [6.07, 6.45) is 8.62. The second-order valence-electron chi connectivity index (χ2n) is 9.02. The number of nitro groups is 1. The first-order valence-corrected chi connectivity index (χ1v) is 14.7. The van der Waals surface area contributed by atoms with Crippen molar-refractivity contribution in [1.82, 2.24) is 5.09 Å². The number of nitro benzene ring substituents is 1. The Morgan fingerprint density at radius 3 is 2.18 bits per heavy atom. The lowest BCUT2D eigenvalue weighted by molar-refractivity contribution is -0.384. The van der Waals surface area contributed by atoms with Gasteiger partial charge in [0.2, 0.25) is 0 Å². The third-order valence-corrected chi connectivity index (χ3v) is 7.33. The van der Waals surface area contributed by atoms with E-state index >= 15 is 0 Å². The number of hydrogen-bond acceptors (Lipinski definition) is 8. The summed E-state index contributed by atoms with van der Waals surface area (Å²) in [5, 5.41) is 23.0. The molecule has 2 aromatic carbocycles. The molecule has 2 atom stereocenters. The average molecular weight is 565 g/mol. The lowest BCUT2D eigenvalue weighted by atomic mass is 10.1. The first-order chi connectivity index (χ1) is 18.7. The van der Waals surface area contributed by atoms with E-state index < -0.39 is 37.3 Å². The van der Waals surface area contributed by atoms with Gasteiger partial charge in [-0.25, -0.2) is 9.36 Å². The van der Waals surface area contributed by atoms with Gasteiger partial charge in [0, 0.05) is 12.1 Å². The van der Waals surface area contributed by atoms with Gasteiger partial charge in [0.25, 0.3) is 5.69 Å². The van der Waals surface area contributed by atoms with Crippen molar-refractivity contribution in [2.75, 3.05) is 13.2 Å². The fourth-order valence-corrected chi connectivity index (χ4v) is 5.13. The maximum Gasteiger partial charge on any atom is 0.460 e. The van der Waals surface area contributed by atoms with Gasteiger partial charge in [0.1, 0.15) is 11.8 Å². The van der Waals surface area contributed by atoms with Gasteiger partial charge in [0.05, 0.1) is 11.5 Å². The van der Waals surface area contributed by atoms with Crippen LogP contribution < -0.4 is 9.61 Å². The number of aliphatic carboxylic acids is 1. The lowest BCUT2D eigenvalue weighted by Gasteiger charge is -2.23. The Balaban J connectivity index is 1.98. The van der Waals surface area contributed by atoms with Crippen LogP contribution in [0.3, 0.4) is 0 Å². The molecule has 2 rings (SSSR count). The number of carbonyl (C=O) groups excluding carboxylic acids is 1. The molecule has 11 nitrogen and oxygen atoms in total. The van der Waals surface area contributed by atoms with Crippen molar-refractivity contribution >= 4 is 25.4 Å². The zero-order valence-electron chi connectivity index (χ0n) is 22.2. The second kappa shape index (κ2) is 17.3. The summed E-state index contributed by atoms with van der Waals surface area (Å²) in [6, 6.07) is 12.0. The lowest BCUT2D eigenvalue weighted by Crippen LogP contribution is -2.38. The quantitative estimate of drug-likeness (QED) is 0.0637. The van der Waals surface area contributed by atoms with E-state index in [1.165, 1.54) is 37.8 Å². The first kappa shape index (κ1) is 31.9. The Kier molecular flexibility index (Phi) is 14.2. The van der Waals surface area contributed by atoms with Crippen LogP contribution in [-0.2, 0) is 29.8 Å². The maximum absolute atomic E-state index is 13.6. The molecule has 0 heterocycles. The third kappa shape index (κ3) is 12.9. The molecule has 0 fully saturated rings. The highest BCUT2D eigenvalue weighted by molar-refractivity contribution is 7.52. The Labute approximate surface area is 228 Å². The van der Waals surface area contributed by atoms with Crippen LogP contribution in [0.15, 0.2) is 54.6 Å². The molecule has 0 bridgehead atoms. The predicted molar refractivity (Wildman–Crippen MR) is 146 cm³/mol. The fourth-order valence-electron chi connectivity index (χ4n) is 3.69. The topological polar surface area (TPSA) is 154 Å². The number of nitrogens with zero attached hydrogens (tertiary/aromatic N) is 1. The number of rotatable bonds is 20. The summed E-state index contributed by atoms with van der Waals surface area (Å²) < 4.78 is 29.4. The van der Waals surface area contributed by atoms with E-state index in [0.29, 0.717) is 12.0 Å². The van der Waals surface area contributed by atoms with Gasteiger partial charge < -0.3 is 14.4 Å². The first-order valence-electron chi connectivity index (χ1n) is 13.1. The molecule has 2 aromatic rings. The molecule has 0 saturated carbocycles. The van der Waals surface area contributed by atoms with Crippen molar-refractivity contribution < 1.29 is 38.0 Å². The molecule has 0 aromatic heterocycles. The smallest absolute Gasteiger partial charge is 0.460 e. The normalized spacial score (nSPS) is 13.3. The summed E-state index contributed by atoms with van der Waals surface area (Å²) >= 11 is 0. The van der Waals surface area contributed by atoms with Gasteiger partial charge in [-0.05, 0) is 30.5 Å². The Morgan fingerprint density at radius 2 is 1.59 bits per heavy atom. The molecule has 12 heteroatoms. The highest BCUT2D eigenvalue weighted by atomic mass is 31.2. The summed E-state index contributed by atoms with van der Waals surface area (Å²) in [7, 11) is -4.45. The number of unbranched alkanes of at least 4 members (excludes halogenated alkanes) is 7. The van der Waals surface area contributed by atoms with Crippen LogP contribution in [-0.4, -0.2) is 41.2 Å². The predicted octanol–water partition coefficient (Wildman–Crippen LogP) is 6.07. The number of benzene rings is 2. The van der Waals surface area contributed by atoms with Crippen molar-refractivity contribution in [3.8, 4) is 5.75 Å². The van der Waals surface area contributed by atoms with E-state index in [1.54, 1.807) is 30.3 Å². The molecular formula is C27H37N2O9P. The van der Waals surface area contributed by atoms with Crippen LogP contribution in [0.4, 0.5) is 5.69 Å². The zero-order valence-corrected chi connectivity index (χ0v) is 23.1. The van der Waals surface area contributed by atoms with Gasteiger partial charge in [-0.3, -0.25) is 19.4 Å². The van der Waals surface area contributed by atoms with Crippen LogP contribution >= 0.6 is 7.75 Å². The number of esters is 1. The fraction of sp³-hybridized carbons (Fsp3) is 0.481. The van der Waals surface area contributed by atoms with Gasteiger partial charge >= 0.3 is 19.7 Å². The molecule has 2 N–H and O–H groups in total. The number of nitrogens with one attached hydrogen (secondary N) is 1. The summed E-state index contributed by atoms with van der Waals surface area (Å²) in [4.78, 5) is 34.5. The largest absolute Gasteiger partial charge is 0.480 e. The third-order valence-electron chi connectivity index (χ3n) is 5.78. The molecular weight excluding hydrogens is 527 g/mol. The number of hydrogen-bond donors (Lipinski definition) is 2. The van der Waals surface area contributed by atoms with E-state index in [0.717, 1.165) is 31.4 Å². The van der Waals surface area contributed by atoms with Crippen molar-refractivity contribution in [1.29, 1.82) is 0 Å². The van der Waals surface area contributed by atoms with Gasteiger partial charge in [-0.1, -0.05) is 82.2 Å². The summed E-state index contributed by atoms with van der Waals surface area (Å²) in [5.74, 6) is -2.16. The molecule has 214 valence electrons. The van der Waals surface area contributed by atoms with E-state index in [-0.39, 0.29) is 24.5 Å². The number of non-ortho nitro benzene ring substituents is 1. The molecule has 0 aliphatic rings. The molecule has 0 radical (unpaired) electrons. The molecule has 0 amide bonds. The minimum atomic E-state index is -4.45. The Morgan fingerprint density at radius 1 is 0.974 bits per heavy atom. The zero-order chi connectivity index (χ0) is 28.5. The second-order valence-corrected chi connectivity index (χ2v) is 10.7. The summed E-state index contributed by atoms with van der Waals surface area (Å²) in [6.45, 7) is 1.61. The van der Waals surface area contributed by atoms with Crippen LogP contribution in [0.25, 0.3) is 0 Å². The molecule has 0 aliphatic carbocycles. The van der Waals surface area contributed by atoms with Crippen LogP contribution in [0.2, 0.25) is 0 Å². The molecule has 0 saturated heterocycles. The van der Waals surface area contributed by atoms with Crippen LogP contribution in [0.1, 0.15) is 63.9 Å². The van der Waals surface area contributed by atoms with E-state index in [1.807, 2.05) is 0 Å². The molecule has 2 unspecified atom stereocenters. The van der Waals surface area contributed by atoms with Crippen molar-refractivity contribution in [2.24, 2.45) is 0 Å². The molecule has 0 spiro atoms. The Bertz CT molecular complexity index is 1080. The van der Waals surface area contributed by atoms with Crippen molar-refractivity contribution in [3.05, 3.63) is 70.3 Å². The van der Waals surface area contributed by atoms with E-state index in [9.17, 15) is 29.4 Å². The minimum absolute atomic E-state index is 0.0456. The highest BCUT2D eigenvalue weighted by Crippen LogP contribution is 2.45. The highest BCUT2D eigenvalue weighted by Gasteiger charge is 2.35. The maximum atomic E-state index is 13.6. The SMILES string of the molecule is CCCCCCCCCCOC(=O)COP(=O)(NC(Cc1ccccc1)C(=O)O)Oc1ccc([N+](=O)[O-])cc1. The van der Waals surface area contributed by atoms with Crippen molar-refractivity contribution in [3.63, 3.8) is 0 Å². The number of ether oxygens (including phenoxy) is 1. The molecule has 39 heavy (non-hydrogen) atoms. The monoisotopic (exact) mass is 564 g/mol. The van der Waals surface area contributed by atoms with Gasteiger partial charge in [-0.2, -0.15) is 5.09 Å². The van der Waals surface area contributed by atoms with Crippen LogP contribution in [0, 0.1) is 10.1 Å². The average Bonchev–Trinajstić information content (AvgIpc) is 2.91. The molecule has 0 aliphatic heterocycles. The van der Waals surface area contributed by atoms with E-state index in [2.05, 4.69) is 12.0 Å². The van der Waals surface area contributed by atoms with Gasteiger partial charge in [-0.15, -0.1) is 0 Å². The van der Waals surface area contributed by atoms with E-state index in [4.69, 9.17) is 13.8 Å². The minimum Gasteiger partial charge on any atom is -0.480 e. The van der Waals surface area contributed by atoms with Gasteiger partial charge in [0.15, 0.2) is 6.61 Å². The number of carboxylic acids is 1. The van der Waals surface area contributed by atoms with Crippen molar-refractivity contribution in [2.45, 2.75) is 70.8 Å². The standard InChI is InChI=1S/C27H37N2O9P/c1-2-3-4-5-6-7-8-12-19-36-26(30)21-37-39(35,38-24-17-15-23(16-18-24)29(33)34)28-25(27(31)32)20-22-13-10-9-11-14-22/h9-11,13-18,25H,2-8,12,19-21H2,1H3,(H,28,35)(H,31,32). The number of carboxylic acid groups (broad SMARTS) is 1. The van der Waals surface area contributed by atoms with Crippen LogP contribution in [0.5, 0.6) is 5.75 Å². The summed E-state index contributed by atoms with van der Waals surface area (Å²) in [5.41, 5.74) is 0.437. The Hall–Kier alpha value is -3.27. The number of carbonyl (C=O) groups is 2.